The molecule has 2 N–H and O–H groups in total. The molecule has 7 heteroatoms. The Morgan fingerprint density at radius 2 is 1.52 bits per heavy atom. The molecule has 0 radical (unpaired) electrons. The van der Waals surface area contributed by atoms with Crippen molar-refractivity contribution in [3.63, 3.8) is 0 Å². The van der Waals surface area contributed by atoms with Gasteiger partial charge in [0.15, 0.2) is 0 Å². The van der Waals surface area contributed by atoms with Crippen LogP contribution in [0.1, 0.15) is 61.3 Å². The molecular formula is C18H31NO6. The van der Waals surface area contributed by atoms with E-state index >= 15 is 0 Å². The summed E-state index contributed by atoms with van der Waals surface area (Å²) in [5.41, 5.74) is -1.21. The summed E-state index contributed by atoms with van der Waals surface area (Å²) in [6, 6.07) is -0.404. The summed E-state index contributed by atoms with van der Waals surface area (Å²) < 4.78 is 10.3. The molecule has 0 aromatic heterocycles. The first-order valence-electron chi connectivity index (χ1n) is 8.32. The largest absolute Gasteiger partial charge is 0.481 e. The van der Waals surface area contributed by atoms with Gasteiger partial charge in [0, 0.05) is 12.5 Å². The minimum atomic E-state index is -1.04. The number of carbonyl (C=O) groups is 3. The number of hydrogen-bond donors (Lipinski definition) is 2. The second-order valence-corrected chi connectivity index (χ2v) is 7.89. The minimum absolute atomic E-state index is 0.00640. The molecule has 2 unspecified atom stereocenters. The lowest BCUT2D eigenvalue weighted by atomic mass is 10.0. The molecule has 144 valence electrons. The first-order valence-corrected chi connectivity index (χ1v) is 8.32. The maximum Gasteiger partial charge on any atom is 0.408 e. The fourth-order valence-electron chi connectivity index (χ4n) is 1.81. The highest BCUT2D eigenvalue weighted by Crippen LogP contribution is 2.14. The number of nitrogens with one attached hydrogen (secondary N) is 1. The molecule has 0 aliphatic rings. The van der Waals surface area contributed by atoms with E-state index in [9.17, 15) is 19.5 Å². The summed E-state index contributed by atoms with van der Waals surface area (Å²) in [6.45, 7) is 12.2. The first-order chi connectivity index (χ1) is 11.2. The van der Waals surface area contributed by atoms with Crippen molar-refractivity contribution in [2.45, 2.75) is 78.6 Å². The molecule has 0 spiro atoms. The molecular weight excluding hydrogens is 326 g/mol. The number of hydrogen-bond acceptors (Lipinski definition) is 5. The number of amides is 1. The summed E-state index contributed by atoms with van der Waals surface area (Å²) in [5, 5.41) is 11.8. The SMILES string of the molecule is CC(C=CC(CCC(=O)OC(C)(C)C)C(=O)O)NC(=O)OC(C)(C)C. The molecule has 7 nitrogen and oxygen atoms in total. The fourth-order valence-corrected chi connectivity index (χ4v) is 1.81. The van der Waals surface area contributed by atoms with E-state index in [-0.39, 0.29) is 12.8 Å². The predicted octanol–water partition coefficient (Wildman–Crippen LogP) is 3.28. The Morgan fingerprint density at radius 3 is 1.96 bits per heavy atom. The van der Waals surface area contributed by atoms with Crippen molar-refractivity contribution in [2.24, 2.45) is 5.92 Å². The van der Waals surface area contributed by atoms with Crippen LogP contribution < -0.4 is 5.32 Å². The predicted molar refractivity (Wildman–Crippen MR) is 94.2 cm³/mol. The molecule has 0 fully saturated rings. The second kappa shape index (κ2) is 9.44. The third kappa shape index (κ3) is 13.0. The van der Waals surface area contributed by atoms with Gasteiger partial charge in [0.1, 0.15) is 11.2 Å². The van der Waals surface area contributed by atoms with Gasteiger partial charge < -0.3 is 19.9 Å². The molecule has 0 aliphatic carbocycles. The first kappa shape index (κ1) is 22.9. The van der Waals surface area contributed by atoms with Crippen molar-refractivity contribution >= 4 is 18.0 Å². The van der Waals surface area contributed by atoms with Gasteiger partial charge in [-0.05, 0) is 54.9 Å². The van der Waals surface area contributed by atoms with Gasteiger partial charge in [0.2, 0.25) is 0 Å². The van der Waals surface area contributed by atoms with E-state index in [1.807, 2.05) is 0 Å². The Morgan fingerprint density at radius 1 is 1.00 bits per heavy atom. The molecule has 25 heavy (non-hydrogen) atoms. The molecule has 0 bridgehead atoms. The van der Waals surface area contributed by atoms with Crippen LogP contribution >= 0.6 is 0 Å². The topological polar surface area (TPSA) is 102 Å². The van der Waals surface area contributed by atoms with Crippen LogP contribution in [-0.4, -0.2) is 40.4 Å². The second-order valence-electron chi connectivity index (χ2n) is 7.89. The van der Waals surface area contributed by atoms with Gasteiger partial charge in [-0.25, -0.2) is 4.79 Å². The lowest BCUT2D eigenvalue weighted by molar-refractivity contribution is -0.155. The molecule has 1 amide bonds. The van der Waals surface area contributed by atoms with Crippen LogP contribution in [-0.2, 0) is 19.1 Å². The van der Waals surface area contributed by atoms with Crippen molar-refractivity contribution in [3.8, 4) is 0 Å². The van der Waals surface area contributed by atoms with Crippen LogP contribution in [0.25, 0.3) is 0 Å². The molecule has 0 saturated heterocycles. The van der Waals surface area contributed by atoms with Gasteiger partial charge in [0.25, 0.3) is 0 Å². The molecule has 2 atom stereocenters. The summed E-state index contributed by atoms with van der Waals surface area (Å²) in [7, 11) is 0. The molecule has 0 rings (SSSR count). The van der Waals surface area contributed by atoms with Crippen LogP contribution in [0.3, 0.4) is 0 Å². The molecule has 0 aromatic rings. The van der Waals surface area contributed by atoms with Gasteiger partial charge in [-0.15, -0.1) is 0 Å². The highest BCUT2D eigenvalue weighted by atomic mass is 16.6. The molecule has 0 heterocycles. The molecule has 0 saturated carbocycles. The number of ether oxygens (including phenoxy) is 2. The van der Waals surface area contributed by atoms with Crippen molar-refractivity contribution in [1.82, 2.24) is 5.32 Å². The average molecular weight is 357 g/mol. The smallest absolute Gasteiger partial charge is 0.408 e. The Bertz CT molecular complexity index is 499. The summed E-state index contributed by atoms with van der Waals surface area (Å²) in [4.78, 5) is 34.6. The highest BCUT2D eigenvalue weighted by molar-refractivity contribution is 5.74. The number of carboxylic acids is 1. The van der Waals surface area contributed by atoms with Crippen molar-refractivity contribution < 1.29 is 29.0 Å². The third-order valence-electron chi connectivity index (χ3n) is 2.77. The Hall–Kier alpha value is -2.05. The molecule has 0 aromatic carbocycles. The lowest BCUT2D eigenvalue weighted by Gasteiger charge is -2.21. The van der Waals surface area contributed by atoms with Crippen LogP contribution in [0.2, 0.25) is 0 Å². The minimum Gasteiger partial charge on any atom is -0.481 e. The normalized spacial score (nSPS) is 14.7. The van der Waals surface area contributed by atoms with E-state index in [1.54, 1.807) is 54.5 Å². The van der Waals surface area contributed by atoms with Crippen LogP contribution in [0.4, 0.5) is 4.79 Å². The van der Waals surface area contributed by atoms with Gasteiger partial charge in [0.05, 0.1) is 5.92 Å². The van der Waals surface area contributed by atoms with Crippen LogP contribution in [0.15, 0.2) is 12.2 Å². The summed E-state index contributed by atoms with van der Waals surface area (Å²) in [6.07, 6.45) is 2.59. The molecule has 0 aliphatic heterocycles. The number of carboxylic acid groups (broad SMARTS) is 1. The van der Waals surface area contributed by atoms with E-state index in [4.69, 9.17) is 9.47 Å². The maximum atomic E-state index is 11.7. The zero-order valence-corrected chi connectivity index (χ0v) is 16.2. The van der Waals surface area contributed by atoms with Crippen LogP contribution in [0, 0.1) is 5.92 Å². The van der Waals surface area contributed by atoms with Gasteiger partial charge in [-0.2, -0.15) is 0 Å². The van der Waals surface area contributed by atoms with Crippen molar-refractivity contribution in [3.05, 3.63) is 12.2 Å². The maximum absolute atomic E-state index is 11.7. The average Bonchev–Trinajstić information content (AvgIpc) is 2.33. The summed E-state index contributed by atoms with van der Waals surface area (Å²) in [5.74, 6) is -2.31. The number of carbonyl (C=O) groups excluding carboxylic acids is 2. The Balaban J connectivity index is 4.55. The lowest BCUT2D eigenvalue weighted by Crippen LogP contribution is -2.36. The van der Waals surface area contributed by atoms with E-state index in [0.717, 1.165) is 0 Å². The van der Waals surface area contributed by atoms with E-state index in [1.165, 1.54) is 6.08 Å². The van der Waals surface area contributed by atoms with Gasteiger partial charge in [-0.1, -0.05) is 12.2 Å². The highest BCUT2D eigenvalue weighted by Gasteiger charge is 2.21. The van der Waals surface area contributed by atoms with E-state index in [0.29, 0.717) is 0 Å². The van der Waals surface area contributed by atoms with E-state index in [2.05, 4.69) is 5.32 Å². The zero-order chi connectivity index (χ0) is 19.8. The third-order valence-corrected chi connectivity index (χ3v) is 2.77. The summed E-state index contributed by atoms with van der Waals surface area (Å²) >= 11 is 0. The Kier molecular flexibility index (Phi) is 8.66. The Labute approximate surface area is 149 Å². The zero-order valence-electron chi connectivity index (χ0n) is 16.2. The van der Waals surface area contributed by atoms with Crippen molar-refractivity contribution in [2.75, 3.05) is 0 Å². The monoisotopic (exact) mass is 357 g/mol. The van der Waals surface area contributed by atoms with Crippen LogP contribution in [0.5, 0.6) is 0 Å². The number of alkyl carbamates (subject to hydrolysis) is 1. The van der Waals surface area contributed by atoms with Gasteiger partial charge >= 0.3 is 18.0 Å². The standard InChI is InChI=1S/C18H31NO6/c1-12(19-16(23)25-18(5,6)7)8-9-13(15(21)22)10-11-14(20)24-17(2,3)4/h8-9,12-13H,10-11H2,1-7H3,(H,19,23)(H,21,22). The number of esters is 1. The van der Waals surface area contributed by atoms with Crippen molar-refractivity contribution in [1.29, 1.82) is 0 Å². The van der Waals surface area contributed by atoms with Gasteiger partial charge in [-0.3, -0.25) is 9.59 Å². The quantitative estimate of drug-likeness (QED) is 0.535. The number of rotatable bonds is 7. The van der Waals surface area contributed by atoms with E-state index < -0.39 is 41.2 Å². The fraction of sp³-hybridized carbons (Fsp3) is 0.722. The number of aliphatic carboxylic acids is 1.